The first-order valence-electron chi connectivity index (χ1n) is 10.3. The third kappa shape index (κ3) is 4.91. The fourth-order valence-electron chi connectivity index (χ4n) is 3.29. The second-order valence-electron chi connectivity index (χ2n) is 7.62. The Morgan fingerprint density at radius 3 is 1.24 bits per heavy atom. The van der Waals surface area contributed by atoms with Crippen molar-refractivity contribution in [3.8, 4) is 22.6 Å². The maximum absolute atomic E-state index is 12.4. The molecule has 2 amide bonds. The van der Waals surface area contributed by atoms with Crippen molar-refractivity contribution in [2.75, 3.05) is 22.1 Å². The predicted molar refractivity (Wildman–Crippen MR) is 133 cm³/mol. The molecule has 8 heteroatoms. The molecule has 0 bridgehead atoms. The van der Waals surface area contributed by atoms with E-state index in [1.807, 2.05) is 0 Å². The van der Waals surface area contributed by atoms with Crippen molar-refractivity contribution in [2.45, 2.75) is 0 Å². The fourth-order valence-corrected chi connectivity index (χ4v) is 3.29. The summed E-state index contributed by atoms with van der Waals surface area (Å²) in [5, 5.41) is 26.1. The molecule has 0 fully saturated rings. The molecule has 4 aromatic carbocycles. The van der Waals surface area contributed by atoms with Crippen molar-refractivity contribution in [1.29, 1.82) is 0 Å². The maximum atomic E-state index is 12.4. The molecule has 0 radical (unpaired) electrons. The Balaban J connectivity index is 1.48. The van der Waals surface area contributed by atoms with Crippen LogP contribution in [-0.2, 0) is 0 Å². The Kier molecular flexibility index (Phi) is 6.05. The van der Waals surface area contributed by atoms with E-state index in [9.17, 15) is 19.8 Å². The fraction of sp³-hybridized carbons (Fsp3) is 0. The van der Waals surface area contributed by atoms with Crippen LogP contribution in [0.2, 0.25) is 0 Å². The molecule has 0 heterocycles. The van der Waals surface area contributed by atoms with Gasteiger partial charge in [-0.3, -0.25) is 9.59 Å². The van der Waals surface area contributed by atoms with Gasteiger partial charge in [-0.1, -0.05) is 12.1 Å². The minimum atomic E-state index is -0.387. The van der Waals surface area contributed by atoms with Crippen LogP contribution in [0.15, 0.2) is 84.9 Å². The van der Waals surface area contributed by atoms with Crippen LogP contribution < -0.4 is 22.1 Å². The number of aromatic hydroxyl groups is 2. The Hall–Kier alpha value is -4.98. The highest BCUT2D eigenvalue weighted by atomic mass is 16.3. The molecule has 0 spiro atoms. The molecular formula is C26H22N4O4. The van der Waals surface area contributed by atoms with Gasteiger partial charge in [0.25, 0.3) is 11.8 Å². The number of nitrogens with one attached hydrogen (secondary N) is 2. The molecule has 8 N–H and O–H groups in total. The lowest BCUT2D eigenvalue weighted by molar-refractivity contribution is 0.101. The zero-order chi connectivity index (χ0) is 24.2. The molecule has 170 valence electrons. The number of phenols is 2. The molecule has 0 unspecified atom stereocenters. The van der Waals surface area contributed by atoms with Crippen LogP contribution in [-0.4, -0.2) is 22.0 Å². The van der Waals surface area contributed by atoms with E-state index in [1.165, 1.54) is 12.1 Å². The smallest absolute Gasteiger partial charge is 0.255 e. The number of anilines is 4. The highest BCUT2D eigenvalue weighted by molar-refractivity contribution is 6.06. The Morgan fingerprint density at radius 2 is 0.912 bits per heavy atom. The SMILES string of the molecule is Nc1ccc(C(=O)Nc2ccc(-c3ccc(NC(=O)c4ccc(N)cc4)c(O)c3)cc2O)cc1. The number of phenolic OH excluding ortho intramolecular Hbond substituents is 2. The standard InChI is InChI=1S/C26H22N4O4/c27-19-7-1-15(2-8-19)25(33)29-21-11-5-17(13-23(21)31)18-6-12-22(24(32)14-18)30-26(34)16-3-9-20(28)10-4-16/h1-14,31-32H,27-28H2,(H,29,33)(H,30,34). The first kappa shape index (κ1) is 22.2. The summed E-state index contributed by atoms with van der Waals surface area (Å²) in [4.78, 5) is 24.8. The number of hydrogen-bond donors (Lipinski definition) is 6. The molecule has 0 saturated carbocycles. The highest BCUT2D eigenvalue weighted by Gasteiger charge is 2.13. The Bertz CT molecular complexity index is 1260. The summed E-state index contributed by atoms with van der Waals surface area (Å²) in [5.41, 5.74) is 14.9. The number of hydrogen-bond acceptors (Lipinski definition) is 6. The van der Waals surface area contributed by atoms with Crippen LogP contribution in [0.1, 0.15) is 20.7 Å². The van der Waals surface area contributed by atoms with Gasteiger partial charge < -0.3 is 32.3 Å². The first-order valence-corrected chi connectivity index (χ1v) is 10.3. The molecule has 8 nitrogen and oxygen atoms in total. The summed E-state index contributed by atoms with van der Waals surface area (Å²) in [5.74, 6) is -1.05. The molecule has 0 saturated heterocycles. The van der Waals surface area contributed by atoms with Gasteiger partial charge in [0.05, 0.1) is 11.4 Å². The van der Waals surface area contributed by atoms with E-state index < -0.39 is 0 Å². The van der Waals surface area contributed by atoms with Gasteiger partial charge in [-0.15, -0.1) is 0 Å². The van der Waals surface area contributed by atoms with E-state index in [0.29, 0.717) is 33.6 Å². The molecule has 4 rings (SSSR count). The topological polar surface area (TPSA) is 151 Å². The van der Waals surface area contributed by atoms with Gasteiger partial charge in [0.15, 0.2) is 0 Å². The number of carbonyl (C=O) groups excluding carboxylic acids is 2. The third-order valence-corrected chi connectivity index (χ3v) is 5.17. The number of rotatable bonds is 5. The van der Waals surface area contributed by atoms with E-state index >= 15 is 0 Å². The molecule has 34 heavy (non-hydrogen) atoms. The second-order valence-corrected chi connectivity index (χ2v) is 7.62. The lowest BCUT2D eigenvalue weighted by atomic mass is 10.0. The molecule has 4 aromatic rings. The van der Waals surface area contributed by atoms with Gasteiger partial charge in [-0.05, 0) is 83.9 Å². The van der Waals surface area contributed by atoms with E-state index in [0.717, 1.165) is 0 Å². The van der Waals surface area contributed by atoms with Crippen LogP contribution in [0.4, 0.5) is 22.7 Å². The van der Waals surface area contributed by atoms with Crippen LogP contribution in [0.25, 0.3) is 11.1 Å². The average Bonchev–Trinajstić information content (AvgIpc) is 2.82. The van der Waals surface area contributed by atoms with Crippen LogP contribution >= 0.6 is 0 Å². The number of carbonyl (C=O) groups is 2. The normalized spacial score (nSPS) is 10.5. The Morgan fingerprint density at radius 1 is 0.559 bits per heavy atom. The molecular weight excluding hydrogens is 432 g/mol. The van der Waals surface area contributed by atoms with Gasteiger partial charge in [0, 0.05) is 22.5 Å². The van der Waals surface area contributed by atoms with Crippen LogP contribution in [0, 0.1) is 0 Å². The van der Waals surface area contributed by atoms with Crippen LogP contribution in [0.3, 0.4) is 0 Å². The summed E-state index contributed by atoms with van der Waals surface area (Å²) in [7, 11) is 0. The monoisotopic (exact) mass is 454 g/mol. The zero-order valence-corrected chi connectivity index (χ0v) is 17.9. The Labute approximate surface area is 195 Å². The number of nitrogen functional groups attached to an aromatic ring is 2. The number of amides is 2. The van der Waals surface area contributed by atoms with Gasteiger partial charge in [0.2, 0.25) is 0 Å². The van der Waals surface area contributed by atoms with Gasteiger partial charge in [-0.2, -0.15) is 0 Å². The summed E-state index contributed by atoms with van der Waals surface area (Å²) in [6.45, 7) is 0. The molecule has 0 aliphatic heterocycles. The van der Waals surface area contributed by atoms with Crippen molar-refractivity contribution in [3.63, 3.8) is 0 Å². The quantitative estimate of drug-likeness (QED) is 0.194. The summed E-state index contributed by atoms with van der Waals surface area (Å²) < 4.78 is 0. The van der Waals surface area contributed by atoms with Crippen molar-refractivity contribution in [2.24, 2.45) is 0 Å². The van der Waals surface area contributed by atoms with Gasteiger partial charge in [-0.25, -0.2) is 0 Å². The van der Waals surface area contributed by atoms with E-state index in [4.69, 9.17) is 11.5 Å². The molecule has 0 aliphatic carbocycles. The van der Waals surface area contributed by atoms with E-state index in [2.05, 4.69) is 10.6 Å². The highest BCUT2D eigenvalue weighted by Crippen LogP contribution is 2.34. The van der Waals surface area contributed by atoms with E-state index in [1.54, 1.807) is 72.8 Å². The summed E-state index contributed by atoms with van der Waals surface area (Å²) >= 11 is 0. The molecule has 0 atom stereocenters. The largest absolute Gasteiger partial charge is 0.506 e. The van der Waals surface area contributed by atoms with Gasteiger partial charge >= 0.3 is 0 Å². The lowest BCUT2D eigenvalue weighted by Crippen LogP contribution is -2.12. The molecule has 0 aliphatic rings. The minimum Gasteiger partial charge on any atom is -0.506 e. The van der Waals surface area contributed by atoms with Crippen LogP contribution in [0.5, 0.6) is 11.5 Å². The maximum Gasteiger partial charge on any atom is 0.255 e. The van der Waals surface area contributed by atoms with E-state index in [-0.39, 0.29) is 34.7 Å². The van der Waals surface area contributed by atoms with Crippen molar-refractivity contribution < 1.29 is 19.8 Å². The number of nitrogens with two attached hydrogens (primary N) is 2. The summed E-state index contributed by atoms with van der Waals surface area (Å²) in [6.07, 6.45) is 0. The van der Waals surface area contributed by atoms with Gasteiger partial charge in [0.1, 0.15) is 11.5 Å². The van der Waals surface area contributed by atoms with Crippen molar-refractivity contribution in [1.82, 2.24) is 0 Å². The van der Waals surface area contributed by atoms with Crippen molar-refractivity contribution >= 4 is 34.6 Å². The minimum absolute atomic E-state index is 0.137. The lowest BCUT2D eigenvalue weighted by Gasteiger charge is -2.12. The van der Waals surface area contributed by atoms with Crippen molar-refractivity contribution in [3.05, 3.63) is 96.1 Å². The second kappa shape index (κ2) is 9.25. The average molecular weight is 454 g/mol. The zero-order valence-electron chi connectivity index (χ0n) is 17.9. The first-order chi connectivity index (χ1) is 16.3. The molecule has 0 aromatic heterocycles. The number of benzene rings is 4. The third-order valence-electron chi connectivity index (χ3n) is 5.17. The predicted octanol–water partition coefficient (Wildman–Crippen LogP) is 4.43. The summed E-state index contributed by atoms with van der Waals surface area (Å²) in [6, 6.07) is 22.3.